The number of rotatable bonds is 1. The number of nitrogens with zero attached hydrogens (tertiary/aromatic N) is 2. The van der Waals surface area contributed by atoms with Crippen LogP contribution in [0.25, 0.3) is 16.9 Å². The van der Waals surface area contributed by atoms with Crippen LogP contribution in [0.2, 0.25) is 5.02 Å². The fourth-order valence-corrected chi connectivity index (χ4v) is 2.16. The van der Waals surface area contributed by atoms with Crippen molar-refractivity contribution < 1.29 is 4.39 Å². The van der Waals surface area contributed by atoms with Crippen LogP contribution in [0.4, 0.5) is 4.39 Å². The molecule has 0 bridgehead atoms. The van der Waals surface area contributed by atoms with Gasteiger partial charge >= 0.3 is 0 Å². The van der Waals surface area contributed by atoms with Crippen LogP contribution < -0.4 is 0 Å². The lowest BCUT2D eigenvalue weighted by Gasteiger charge is -1.99. The van der Waals surface area contributed by atoms with Gasteiger partial charge in [-0.05, 0) is 31.2 Å². The molecule has 0 saturated heterocycles. The van der Waals surface area contributed by atoms with Crippen LogP contribution in [-0.4, -0.2) is 9.38 Å². The lowest BCUT2D eigenvalue weighted by Crippen LogP contribution is -1.89. The Morgan fingerprint density at radius 1 is 1.17 bits per heavy atom. The topological polar surface area (TPSA) is 17.3 Å². The van der Waals surface area contributed by atoms with Gasteiger partial charge in [-0.25, -0.2) is 9.37 Å². The summed E-state index contributed by atoms with van der Waals surface area (Å²) in [5.74, 6) is -0.319. The highest BCUT2D eigenvalue weighted by atomic mass is 35.5. The molecule has 1 aromatic carbocycles. The van der Waals surface area contributed by atoms with Crippen LogP contribution in [0, 0.1) is 12.7 Å². The molecule has 2 nitrogen and oxygen atoms in total. The van der Waals surface area contributed by atoms with E-state index in [1.807, 2.05) is 19.1 Å². The molecule has 3 rings (SSSR count). The standard InChI is InChI=1S/C14H10ClFN2/c1-9-13(10-4-6-11(15)7-5-10)17-14-12(16)3-2-8-18(9)14/h2-8H,1H3. The molecule has 3 aromatic rings. The minimum atomic E-state index is -0.319. The van der Waals surface area contributed by atoms with Crippen LogP contribution in [0.15, 0.2) is 42.6 Å². The Labute approximate surface area is 109 Å². The van der Waals surface area contributed by atoms with Crippen LogP contribution in [-0.2, 0) is 0 Å². The molecule has 0 aliphatic heterocycles. The molecule has 2 heterocycles. The number of aromatic nitrogens is 2. The first-order valence-corrected chi connectivity index (χ1v) is 5.94. The van der Waals surface area contributed by atoms with Crippen molar-refractivity contribution in [1.82, 2.24) is 9.38 Å². The van der Waals surface area contributed by atoms with E-state index in [1.54, 1.807) is 28.8 Å². The third kappa shape index (κ3) is 1.68. The van der Waals surface area contributed by atoms with Gasteiger partial charge in [0.25, 0.3) is 0 Å². The van der Waals surface area contributed by atoms with Crippen molar-refractivity contribution in [1.29, 1.82) is 0 Å². The maximum absolute atomic E-state index is 13.7. The summed E-state index contributed by atoms with van der Waals surface area (Å²) in [6, 6.07) is 10.5. The zero-order valence-electron chi connectivity index (χ0n) is 9.69. The van der Waals surface area contributed by atoms with Gasteiger partial charge in [-0.1, -0.05) is 23.7 Å². The number of halogens is 2. The Kier molecular flexibility index (Phi) is 2.56. The van der Waals surface area contributed by atoms with E-state index in [9.17, 15) is 4.39 Å². The van der Waals surface area contributed by atoms with Crippen molar-refractivity contribution in [3.8, 4) is 11.3 Å². The van der Waals surface area contributed by atoms with Gasteiger partial charge < -0.3 is 4.40 Å². The van der Waals surface area contributed by atoms with Crippen LogP contribution in [0.1, 0.15) is 5.69 Å². The minimum absolute atomic E-state index is 0.319. The monoisotopic (exact) mass is 260 g/mol. The highest BCUT2D eigenvalue weighted by molar-refractivity contribution is 6.30. The number of pyridine rings is 1. The number of fused-ring (bicyclic) bond motifs is 1. The van der Waals surface area contributed by atoms with Crippen molar-refractivity contribution in [2.75, 3.05) is 0 Å². The van der Waals surface area contributed by atoms with E-state index in [4.69, 9.17) is 11.6 Å². The van der Waals surface area contributed by atoms with Gasteiger partial charge in [0.1, 0.15) is 0 Å². The van der Waals surface area contributed by atoms with Gasteiger partial charge in [0.2, 0.25) is 0 Å². The Morgan fingerprint density at radius 3 is 2.56 bits per heavy atom. The molecule has 0 unspecified atom stereocenters. The van der Waals surface area contributed by atoms with Crippen molar-refractivity contribution in [2.24, 2.45) is 0 Å². The largest absolute Gasteiger partial charge is 0.301 e. The van der Waals surface area contributed by atoms with Gasteiger partial charge in [0, 0.05) is 22.5 Å². The molecule has 0 radical (unpaired) electrons. The number of hydrogen-bond acceptors (Lipinski definition) is 1. The third-order valence-electron chi connectivity index (χ3n) is 2.96. The number of aryl methyl sites for hydroxylation is 1. The third-order valence-corrected chi connectivity index (χ3v) is 3.21. The van der Waals surface area contributed by atoms with E-state index >= 15 is 0 Å². The van der Waals surface area contributed by atoms with Gasteiger partial charge in [-0.3, -0.25) is 0 Å². The maximum atomic E-state index is 13.7. The molecule has 0 spiro atoms. The second kappa shape index (κ2) is 4.10. The Bertz CT molecular complexity index is 716. The summed E-state index contributed by atoms with van der Waals surface area (Å²) in [7, 11) is 0. The molecule has 0 atom stereocenters. The van der Waals surface area contributed by atoms with Gasteiger partial charge in [-0.15, -0.1) is 0 Å². The smallest absolute Gasteiger partial charge is 0.173 e. The first-order valence-electron chi connectivity index (χ1n) is 5.56. The summed E-state index contributed by atoms with van der Waals surface area (Å²) in [5.41, 5.74) is 2.96. The predicted molar refractivity (Wildman–Crippen MR) is 70.3 cm³/mol. The minimum Gasteiger partial charge on any atom is -0.301 e. The van der Waals surface area contributed by atoms with Gasteiger partial charge in [0.15, 0.2) is 11.5 Å². The highest BCUT2D eigenvalue weighted by Crippen LogP contribution is 2.25. The molecule has 0 saturated carbocycles. The first kappa shape index (κ1) is 11.2. The molecule has 0 N–H and O–H groups in total. The van der Waals surface area contributed by atoms with Gasteiger partial charge in [0.05, 0.1) is 5.69 Å². The number of benzene rings is 1. The summed E-state index contributed by atoms with van der Waals surface area (Å²) in [6.07, 6.45) is 1.81. The molecular weight excluding hydrogens is 251 g/mol. The molecule has 0 aliphatic rings. The van der Waals surface area contributed by atoms with Gasteiger partial charge in [-0.2, -0.15) is 0 Å². The predicted octanol–water partition coefficient (Wildman–Crippen LogP) is 4.10. The lowest BCUT2D eigenvalue weighted by atomic mass is 10.1. The first-order chi connectivity index (χ1) is 8.66. The number of imidazole rings is 1. The average molecular weight is 261 g/mol. The summed E-state index contributed by atoms with van der Waals surface area (Å²) in [5, 5.41) is 0.673. The van der Waals surface area contributed by atoms with E-state index in [1.165, 1.54) is 6.07 Å². The van der Waals surface area contributed by atoms with E-state index in [2.05, 4.69) is 4.98 Å². The van der Waals surface area contributed by atoms with E-state index in [-0.39, 0.29) is 5.82 Å². The molecule has 0 fully saturated rings. The van der Waals surface area contributed by atoms with Crippen molar-refractivity contribution >= 4 is 17.2 Å². The normalized spacial score (nSPS) is 11.1. The van der Waals surface area contributed by atoms with Crippen LogP contribution >= 0.6 is 11.6 Å². The summed E-state index contributed by atoms with van der Waals surface area (Å²) in [6.45, 7) is 1.92. The zero-order chi connectivity index (χ0) is 12.7. The fourth-order valence-electron chi connectivity index (χ4n) is 2.03. The second-order valence-corrected chi connectivity index (χ2v) is 4.54. The molecule has 90 valence electrons. The van der Waals surface area contributed by atoms with Crippen molar-refractivity contribution in [3.05, 3.63) is 59.1 Å². The molecule has 0 amide bonds. The molecule has 2 aromatic heterocycles. The second-order valence-electron chi connectivity index (χ2n) is 4.10. The van der Waals surface area contributed by atoms with E-state index in [0.717, 1.165) is 17.0 Å². The quantitative estimate of drug-likeness (QED) is 0.644. The van der Waals surface area contributed by atoms with Crippen molar-refractivity contribution in [2.45, 2.75) is 6.92 Å². The summed E-state index contributed by atoms with van der Waals surface area (Å²) < 4.78 is 15.4. The molecule has 4 heteroatoms. The van der Waals surface area contributed by atoms with E-state index < -0.39 is 0 Å². The van der Waals surface area contributed by atoms with Crippen LogP contribution in [0.3, 0.4) is 0 Å². The number of hydrogen-bond donors (Lipinski definition) is 0. The maximum Gasteiger partial charge on any atom is 0.173 e. The zero-order valence-corrected chi connectivity index (χ0v) is 10.4. The fraction of sp³-hybridized carbons (Fsp3) is 0.0714. The molecule has 0 aliphatic carbocycles. The average Bonchev–Trinajstić information content (AvgIpc) is 2.70. The Hall–Kier alpha value is -1.87. The van der Waals surface area contributed by atoms with Crippen LogP contribution in [0.5, 0.6) is 0 Å². The lowest BCUT2D eigenvalue weighted by molar-refractivity contribution is 0.629. The van der Waals surface area contributed by atoms with E-state index in [0.29, 0.717) is 10.7 Å². The highest BCUT2D eigenvalue weighted by Gasteiger charge is 2.12. The Balaban J connectivity index is 2.27. The van der Waals surface area contributed by atoms with Crippen molar-refractivity contribution in [3.63, 3.8) is 0 Å². The molecule has 18 heavy (non-hydrogen) atoms. The SMILES string of the molecule is Cc1c(-c2ccc(Cl)cc2)nc2c(F)cccn12. The summed E-state index contributed by atoms with van der Waals surface area (Å²) in [4.78, 5) is 4.36. The molecular formula is C14H10ClFN2. The summed E-state index contributed by atoms with van der Waals surface area (Å²) >= 11 is 5.86. The Morgan fingerprint density at radius 2 is 1.89 bits per heavy atom.